The molecular formula is C16H22FN3S. The Balaban J connectivity index is 1.94. The maximum Gasteiger partial charge on any atom is 0.127 e. The lowest BCUT2D eigenvalue weighted by atomic mass is 9.94. The van der Waals surface area contributed by atoms with Crippen molar-refractivity contribution < 1.29 is 4.39 Å². The number of benzene rings is 1. The molecular weight excluding hydrogens is 285 g/mol. The first-order valence-electron chi connectivity index (χ1n) is 7.07. The SMILES string of the molecule is Cc1nc(CN(C)CC(C)C(N)c2ccccc2F)cs1. The first-order chi connectivity index (χ1) is 9.97. The zero-order valence-electron chi connectivity index (χ0n) is 12.7. The minimum absolute atomic E-state index is 0.159. The van der Waals surface area contributed by atoms with E-state index in [4.69, 9.17) is 5.73 Å². The largest absolute Gasteiger partial charge is 0.324 e. The Morgan fingerprint density at radius 2 is 2.10 bits per heavy atom. The van der Waals surface area contributed by atoms with Crippen molar-refractivity contribution in [3.63, 3.8) is 0 Å². The first kappa shape index (κ1) is 16.1. The van der Waals surface area contributed by atoms with Crippen molar-refractivity contribution in [2.24, 2.45) is 11.7 Å². The summed E-state index contributed by atoms with van der Waals surface area (Å²) < 4.78 is 13.8. The van der Waals surface area contributed by atoms with Gasteiger partial charge in [0.1, 0.15) is 5.82 Å². The van der Waals surface area contributed by atoms with Crippen LogP contribution < -0.4 is 5.73 Å². The highest BCUT2D eigenvalue weighted by atomic mass is 32.1. The second-order valence-electron chi connectivity index (χ2n) is 5.58. The van der Waals surface area contributed by atoms with Gasteiger partial charge in [-0.1, -0.05) is 25.1 Å². The molecule has 1 aromatic carbocycles. The van der Waals surface area contributed by atoms with Gasteiger partial charge >= 0.3 is 0 Å². The molecule has 21 heavy (non-hydrogen) atoms. The number of halogens is 1. The number of nitrogens with zero attached hydrogens (tertiary/aromatic N) is 2. The molecule has 5 heteroatoms. The van der Waals surface area contributed by atoms with Crippen molar-refractivity contribution >= 4 is 11.3 Å². The Morgan fingerprint density at radius 3 is 2.71 bits per heavy atom. The standard InChI is InChI=1S/C16H22FN3S/c1-11(16(18)14-6-4-5-7-15(14)17)8-20(3)9-13-10-21-12(2)19-13/h4-7,10-11,16H,8-9,18H2,1-3H3. The Morgan fingerprint density at radius 1 is 1.38 bits per heavy atom. The van der Waals surface area contributed by atoms with Crippen molar-refractivity contribution in [1.82, 2.24) is 9.88 Å². The summed E-state index contributed by atoms with van der Waals surface area (Å²) in [4.78, 5) is 6.64. The summed E-state index contributed by atoms with van der Waals surface area (Å²) in [6.07, 6.45) is 0. The minimum atomic E-state index is -0.300. The van der Waals surface area contributed by atoms with Crippen LogP contribution in [0.3, 0.4) is 0 Å². The minimum Gasteiger partial charge on any atom is -0.324 e. The van der Waals surface area contributed by atoms with Crippen molar-refractivity contribution in [3.8, 4) is 0 Å². The van der Waals surface area contributed by atoms with Crippen LogP contribution >= 0.6 is 11.3 Å². The first-order valence-corrected chi connectivity index (χ1v) is 7.95. The van der Waals surface area contributed by atoms with Crippen LogP contribution in [-0.2, 0) is 6.54 Å². The summed E-state index contributed by atoms with van der Waals surface area (Å²) >= 11 is 1.66. The van der Waals surface area contributed by atoms with E-state index in [-0.39, 0.29) is 17.8 Å². The van der Waals surface area contributed by atoms with Crippen LogP contribution in [0.2, 0.25) is 0 Å². The predicted molar refractivity (Wildman–Crippen MR) is 85.7 cm³/mol. The van der Waals surface area contributed by atoms with Gasteiger partial charge in [0.05, 0.1) is 10.7 Å². The van der Waals surface area contributed by atoms with Crippen molar-refractivity contribution in [1.29, 1.82) is 0 Å². The van der Waals surface area contributed by atoms with Crippen molar-refractivity contribution in [2.45, 2.75) is 26.4 Å². The van der Waals surface area contributed by atoms with Gasteiger partial charge in [0.2, 0.25) is 0 Å². The van der Waals surface area contributed by atoms with Crippen LogP contribution in [0.25, 0.3) is 0 Å². The summed E-state index contributed by atoms with van der Waals surface area (Å²) in [5.74, 6) is -0.0683. The quantitative estimate of drug-likeness (QED) is 0.890. The molecule has 1 heterocycles. The second kappa shape index (κ2) is 7.11. The number of aromatic nitrogens is 1. The van der Waals surface area contributed by atoms with E-state index in [9.17, 15) is 4.39 Å². The lowest BCUT2D eigenvalue weighted by molar-refractivity contribution is 0.254. The molecule has 3 nitrogen and oxygen atoms in total. The van der Waals surface area contributed by atoms with Crippen molar-refractivity contribution in [3.05, 3.63) is 51.7 Å². The fourth-order valence-corrected chi connectivity index (χ4v) is 3.08. The molecule has 0 aliphatic heterocycles. The molecule has 0 spiro atoms. The number of nitrogens with two attached hydrogens (primary N) is 1. The van der Waals surface area contributed by atoms with Crippen LogP contribution in [0.4, 0.5) is 4.39 Å². The fraction of sp³-hybridized carbons (Fsp3) is 0.438. The normalized spacial score (nSPS) is 14.4. The van der Waals surface area contributed by atoms with E-state index >= 15 is 0 Å². The van der Waals surface area contributed by atoms with Gasteiger partial charge in [-0.05, 0) is 26.0 Å². The molecule has 0 amide bonds. The lowest BCUT2D eigenvalue weighted by Gasteiger charge is -2.25. The molecule has 2 rings (SSSR count). The third-order valence-electron chi connectivity index (χ3n) is 3.58. The lowest BCUT2D eigenvalue weighted by Crippen LogP contribution is -2.31. The zero-order chi connectivity index (χ0) is 15.4. The van der Waals surface area contributed by atoms with E-state index in [0.717, 1.165) is 23.8 Å². The highest BCUT2D eigenvalue weighted by Gasteiger charge is 2.19. The molecule has 0 fully saturated rings. The number of rotatable bonds is 6. The van der Waals surface area contributed by atoms with E-state index in [1.54, 1.807) is 23.5 Å². The van der Waals surface area contributed by atoms with Crippen LogP contribution in [0.15, 0.2) is 29.6 Å². The van der Waals surface area contributed by atoms with Crippen LogP contribution in [-0.4, -0.2) is 23.5 Å². The molecule has 0 saturated carbocycles. The Kier molecular flexibility index (Phi) is 5.45. The van der Waals surface area contributed by atoms with E-state index in [1.165, 1.54) is 6.07 Å². The van der Waals surface area contributed by atoms with E-state index in [2.05, 4.69) is 22.2 Å². The second-order valence-corrected chi connectivity index (χ2v) is 6.64. The number of hydrogen-bond acceptors (Lipinski definition) is 4. The molecule has 2 unspecified atom stereocenters. The number of hydrogen-bond donors (Lipinski definition) is 1. The topological polar surface area (TPSA) is 42.2 Å². The molecule has 0 saturated heterocycles. The third kappa shape index (κ3) is 4.33. The number of thiazole rings is 1. The average Bonchev–Trinajstić information content (AvgIpc) is 2.83. The van der Waals surface area contributed by atoms with Gasteiger partial charge in [-0.25, -0.2) is 9.37 Å². The van der Waals surface area contributed by atoms with Crippen LogP contribution in [0.1, 0.15) is 29.2 Å². The highest BCUT2D eigenvalue weighted by Crippen LogP contribution is 2.23. The smallest absolute Gasteiger partial charge is 0.127 e. The monoisotopic (exact) mass is 307 g/mol. The Hall–Kier alpha value is -1.30. The summed E-state index contributed by atoms with van der Waals surface area (Å²) in [7, 11) is 2.04. The molecule has 2 N–H and O–H groups in total. The molecule has 114 valence electrons. The van der Waals surface area contributed by atoms with Crippen LogP contribution in [0.5, 0.6) is 0 Å². The molecule has 0 radical (unpaired) electrons. The fourth-order valence-electron chi connectivity index (χ4n) is 2.48. The summed E-state index contributed by atoms with van der Waals surface area (Å²) in [6, 6.07) is 6.44. The molecule has 0 bridgehead atoms. The summed E-state index contributed by atoms with van der Waals surface area (Å²) in [5.41, 5.74) is 7.87. The van der Waals surface area contributed by atoms with E-state index < -0.39 is 0 Å². The van der Waals surface area contributed by atoms with Gasteiger partial charge in [0.25, 0.3) is 0 Å². The van der Waals surface area contributed by atoms with Crippen LogP contribution in [0, 0.1) is 18.7 Å². The van der Waals surface area contributed by atoms with Crippen molar-refractivity contribution in [2.75, 3.05) is 13.6 Å². The summed E-state index contributed by atoms with van der Waals surface area (Å²) in [5, 5.41) is 3.15. The van der Waals surface area contributed by atoms with Gasteiger partial charge in [0, 0.05) is 30.1 Å². The zero-order valence-corrected chi connectivity index (χ0v) is 13.5. The van der Waals surface area contributed by atoms with Gasteiger partial charge in [-0.15, -0.1) is 11.3 Å². The highest BCUT2D eigenvalue weighted by molar-refractivity contribution is 7.09. The maximum atomic E-state index is 13.8. The predicted octanol–water partition coefficient (Wildman–Crippen LogP) is 3.36. The Labute approximate surface area is 129 Å². The molecule has 1 aromatic heterocycles. The van der Waals surface area contributed by atoms with Gasteiger partial charge in [-0.3, -0.25) is 0 Å². The Bertz CT molecular complexity index is 584. The van der Waals surface area contributed by atoms with E-state index in [0.29, 0.717) is 5.56 Å². The maximum absolute atomic E-state index is 13.8. The van der Waals surface area contributed by atoms with Gasteiger partial charge < -0.3 is 10.6 Å². The van der Waals surface area contributed by atoms with E-state index in [1.807, 2.05) is 20.0 Å². The molecule has 0 aliphatic rings. The van der Waals surface area contributed by atoms with Gasteiger partial charge in [0.15, 0.2) is 0 Å². The molecule has 0 aliphatic carbocycles. The average molecular weight is 307 g/mol. The summed E-state index contributed by atoms with van der Waals surface area (Å²) in [6.45, 7) is 5.65. The molecule has 2 aromatic rings. The number of aryl methyl sites for hydroxylation is 1. The van der Waals surface area contributed by atoms with Gasteiger partial charge in [-0.2, -0.15) is 0 Å². The molecule has 2 atom stereocenters. The third-order valence-corrected chi connectivity index (χ3v) is 4.40.